The van der Waals surface area contributed by atoms with Gasteiger partial charge in [-0.05, 0) is 35.0 Å². The summed E-state index contributed by atoms with van der Waals surface area (Å²) in [5, 5.41) is 0. The van der Waals surface area contributed by atoms with Gasteiger partial charge in [-0.25, -0.2) is 4.79 Å². The zero-order valence-corrected chi connectivity index (χ0v) is 10.2. The number of methoxy groups -OCH3 is 1. The summed E-state index contributed by atoms with van der Waals surface area (Å²) in [7, 11) is 1.22. The van der Waals surface area contributed by atoms with Crippen molar-refractivity contribution in [1.82, 2.24) is 0 Å². The molecule has 88 valence electrons. The number of ether oxygens (including phenoxy) is 2. The summed E-state index contributed by atoms with van der Waals surface area (Å²) in [5.74, 6) is -0.650. The van der Waals surface area contributed by atoms with Crippen molar-refractivity contribution in [1.29, 1.82) is 0 Å². The molecular formula is C10H9BrF2O3. The van der Waals surface area contributed by atoms with Crippen LogP contribution in [0.1, 0.15) is 15.9 Å². The van der Waals surface area contributed by atoms with E-state index in [1.54, 1.807) is 0 Å². The Morgan fingerprint density at radius 2 is 2.06 bits per heavy atom. The van der Waals surface area contributed by atoms with Crippen molar-refractivity contribution in [2.24, 2.45) is 0 Å². The van der Waals surface area contributed by atoms with E-state index in [2.05, 4.69) is 25.4 Å². The largest absolute Gasteiger partial charge is 0.465 e. The molecule has 0 bridgehead atoms. The summed E-state index contributed by atoms with van der Waals surface area (Å²) >= 11 is 3.15. The molecule has 0 heterocycles. The molecule has 6 heteroatoms. The normalized spacial score (nSPS) is 10.4. The number of rotatable bonds is 3. The summed E-state index contributed by atoms with van der Waals surface area (Å²) in [4.78, 5) is 11.4. The number of benzene rings is 1. The molecule has 3 nitrogen and oxygen atoms in total. The Morgan fingerprint density at radius 1 is 1.44 bits per heavy atom. The third-order valence-corrected chi connectivity index (χ3v) is 2.63. The molecule has 0 atom stereocenters. The standard InChI is InChI=1S/C10H9BrF2O3/c1-5-7(16-10(12)13)4-3-6(11)8(5)9(14)15-2/h3-4,10H,1-2H3. The SMILES string of the molecule is COC(=O)c1c(Br)ccc(OC(F)F)c1C. The van der Waals surface area contributed by atoms with E-state index in [1.165, 1.54) is 26.2 Å². The van der Waals surface area contributed by atoms with Gasteiger partial charge in [-0.1, -0.05) is 0 Å². The summed E-state index contributed by atoms with van der Waals surface area (Å²) in [5.41, 5.74) is 0.488. The molecule has 0 aliphatic rings. The monoisotopic (exact) mass is 294 g/mol. The lowest BCUT2D eigenvalue weighted by Gasteiger charge is -2.12. The lowest BCUT2D eigenvalue weighted by molar-refractivity contribution is -0.0503. The van der Waals surface area contributed by atoms with E-state index in [0.717, 1.165) is 0 Å². The summed E-state index contributed by atoms with van der Waals surface area (Å²) in [6, 6.07) is 2.81. The van der Waals surface area contributed by atoms with E-state index >= 15 is 0 Å². The first kappa shape index (κ1) is 12.9. The summed E-state index contributed by atoms with van der Waals surface area (Å²) in [6.45, 7) is -1.42. The zero-order chi connectivity index (χ0) is 12.3. The Hall–Kier alpha value is -1.17. The van der Waals surface area contributed by atoms with Gasteiger partial charge < -0.3 is 9.47 Å². The summed E-state index contributed by atoms with van der Waals surface area (Å²) < 4.78 is 33.4. The second kappa shape index (κ2) is 5.25. The van der Waals surface area contributed by atoms with Crippen molar-refractivity contribution in [3.8, 4) is 5.75 Å². The highest BCUT2D eigenvalue weighted by molar-refractivity contribution is 9.10. The Kier molecular flexibility index (Phi) is 4.23. The number of alkyl halides is 2. The van der Waals surface area contributed by atoms with Gasteiger partial charge in [0.25, 0.3) is 0 Å². The molecule has 1 aromatic carbocycles. The molecule has 0 radical (unpaired) electrons. The topological polar surface area (TPSA) is 35.5 Å². The average molecular weight is 295 g/mol. The molecule has 0 aromatic heterocycles. The molecule has 1 aromatic rings. The maximum atomic E-state index is 12.1. The number of esters is 1. The lowest BCUT2D eigenvalue weighted by atomic mass is 10.1. The number of hydrogen-bond donors (Lipinski definition) is 0. The number of carbonyl (C=O) groups excluding carboxylic acids is 1. The van der Waals surface area contributed by atoms with Crippen LogP contribution in [-0.2, 0) is 4.74 Å². The quantitative estimate of drug-likeness (QED) is 0.804. The van der Waals surface area contributed by atoms with E-state index in [1.807, 2.05) is 0 Å². The minimum absolute atomic E-state index is 0.0430. The van der Waals surface area contributed by atoms with E-state index in [9.17, 15) is 13.6 Å². The van der Waals surface area contributed by atoms with E-state index in [4.69, 9.17) is 0 Å². The predicted octanol–water partition coefficient (Wildman–Crippen LogP) is 3.15. The average Bonchev–Trinajstić information content (AvgIpc) is 2.21. The Bertz CT molecular complexity index is 407. The highest BCUT2D eigenvalue weighted by atomic mass is 79.9. The zero-order valence-electron chi connectivity index (χ0n) is 8.59. The van der Waals surface area contributed by atoms with Gasteiger partial charge in [-0.3, -0.25) is 0 Å². The van der Waals surface area contributed by atoms with Crippen molar-refractivity contribution < 1.29 is 23.0 Å². The molecule has 0 spiro atoms. The van der Waals surface area contributed by atoms with Crippen LogP contribution in [-0.4, -0.2) is 19.7 Å². The predicted molar refractivity (Wildman–Crippen MR) is 56.9 cm³/mol. The minimum Gasteiger partial charge on any atom is -0.465 e. The van der Waals surface area contributed by atoms with Gasteiger partial charge in [-0.15, -0.1) is 0 Å². The van der Waals surface area contributed by atoms with Crippen LogP contribution in [0, 0.1) is 6.92 Å². The van der Waals surface area contributed by atoms with E-state index in [0.29, 0.717) is 10.0 Å². The fourth-order valence-corrected chi connectivity index (χ4v) is 1.83. The minimum atomic E-state index is -2.93. The maximum Gasteiger partial charge on any atom is 0.387 e. The Morgan fingerprint density at radius 3 is 2.56 bits per heavy atom. The van der Waals surface area contributed by atoms with Crippen LogP contribution < -0.4 is 4.74 Å². The van der Waals surface area contributed by atoms with Crippen LogP contribution in [0.2, 0.25) is 0 Å². The fraction of sp³-hybridized carbons (Fsp3) is 0.300. The first-order valence-corrected chi connectivity index (χ1v) is 5.09. The molecule has 0 unspecified atom stereocenters. The molecule has 0 saturated carbocycles. The van der Waals surface area contributed by atoms with Crippen molar-refractivity contribution in [3.05, 3.63) is 27.7 Å². The Labute approximate surface area is 99.5 Å². The van der Waals surface area contributed by atoms with Gasteiger partial charge in [-0.2, -0.15) is 8.78 Å². The number of halogens is 3. The van der Waals surface area contributed by atoms with Crippen LogP contribution in [0.5, 0.6) is 5.75 Å². The molecule has 1 rings (SSSR count). The summed E-state index contributed by atoms with van der Waals surface area (Å²) in [6.07, 6.45) is 0. The van der Waals surface area contributed by atoms with Crippen LogP contribution in [0.25, 0.3) is 0 Å². The molecule has 0 fully saturated rings. The number of carbonyl (C=O) groups is 1. The second-order valence-corrected chi connectivity index (χ2v) is 3.77. The van der Waals surface area contributed by atoms with Crippen molar-refractivity contribution in [2.75, 3.05) is 7.11 Å². The van der Waals surface area contributed by atoms with Crippen LogP contribution in [0.15, 0.2) is 16.6 Å². The van der Waals surface area contributed by atoms with Crippen LogP contribution in [0.3, 0.4) is 0 Å². The van der Waals surface area contributed by atoms with Gasteiger partial charge in [0.15, 0.2) is 0 Å². The third-order valence-electron chi connectivity index (χ3n) is 1.97. The molecular weight excluding hydrogens is 286 g/mol. The van der Waals surface area contributed by atoms with Crippen LogP contribution >= 0.6 is 15.9 Å². The highest BCUT2D eigenvalue weighted by Crippen LogP contribution is 2.29. The third kappa shape index (κ3) is 2.69. The smallest absolute Gasteiger partial charge is 0.387 e. The molecule has 0 amide bonds. The second-order valence-electron chi connectivity index (χ2n) is 2.92. The highest BCUT2D eigenvalue weighted by Gasteiger charge is 2.18. The van der Waals surface area contributed by atoms with Gasteiger partial charge in [0.2, 0.25) is 0 Å². The number of hydrogen-bond acceptors (Lipinski definition) is 3. The van der Waals surface area contributed by atoms with Crippen molar-refractivity contribution in [2.45, 2.75) is 13.5 Å². The maximum absolute atomic E-state index is 12.1. The van der Waals surface area contributed by atoms with Gasteiger partial charge in [0.05, 0.1) is 12.7 Å². The van der Waals surface area contributed by atoms with Crippen molar-refractivity contribution >= 4 is 21.9 Å². The molecule has 0 aliphatic heterocycles. The molecule has 0 saturated heterocycles. The van der Waals surface area contributed by atoms with Gasteiger partial charge in [0.1, 0.15) is 5.75 Å². The fourth-order valence-electron chi connectivity index (χ4n) is 1.24. The lowest BCUT2D eigenvalue weighted by Crippen LogP contribution is -2.09. The first-order valence-electron chi connectivity index (χ1n) is 4.29. The molecule has 0 aliphatic carbocycles. The van der Waals surface area contributed by atoms with Crippen LogP contribution in [0.4, 0.5) is 8.78 Å². The first-order chi connectivity index (χ1) is 7.47. The molecule has 0 N–H and O–H groups in total. The Balaban J connectivity index is 3.21. The molecule has 16 heavy (non-hydrogen) atoms. The van der Waals surface area contributed by atoms with Gasteiger partial charge in [0, 0.05) is 10.0 Å². The van der Waals surface area contributed by atoms with Gasteiger partial charge >= 0.3 is 12.6 Å². The van der Waals surface area contributed by atoms with E-state index < -0.39 is 12.6 Å². The van der Waals surface area contributed by atoms with E-state index in [-0.39, 0.29) is 11.3 Å². The van der Waals surface area contributed by atoms with Crippen molar-refractivity contribution in [3.63, 3.8) is 0 Å².